The standard InChI is InChI=1S/C18H35N3.C3H8.2C2H6/c1-16(2)21-13-7-18(8-14-21)5-11-20(12-6-18)15-17-3-9-19-10-4-17;1-3-2;2*1-2/h16-17,19H,3-15H2,1-2H3;3H2,1-2H3;2*1-2H3. The van der Waals surface area contributed by atoms with Crippen molar-refractivity contribution in [3.63, 3.8) is 0 Å². The van der Waals surface area contributed by atoms with E-state index in [0.717, 1.165) is 12.0 Å². The molecule has 28 heavy (non-hydrogen) atoms. The zero-order valence-corrected chi connectivity index (χ0v) is 20.9. The van der Waals surface area contributed by atoms with Gasteiger partial charge >= 0.3 is 0 Å². The molecule has 0 saturated carbocycles. The van der Waals surface area contributed by atoms with Gasteiger partial charge in [-0.2, -0.15) is 0 Å². The molecule has 1 N–H and O–H groups in total. The summed E-state index contributed by atoms with van der Waals surface area (Å²) in [6.45, 7) is 26.2. The molecule has 0 radical (unpaired) electrons. The number of hydrogen-bond donors (Lipinski definition) is 1. The molecule has 170 valence electrons. The second-order valence-corrected chi connectivity index (χ2v) is 8.83. The van der Waals surface area contributed by atoms with Gasteiger partial charge in [-0.15, -0.1) is 0 Å². The maximum atomic E-state index is 3.49. The van der Waals surface area contributed by atoms with E-state index in [1.807, 2.05) is 27.7 Å². The third-order valence-electron chi connectivity index (χ3n) is 6.48. The second kappa shape index (κ2) is 16.7. The van der Waals surface area contributed by atoms with Crippen LogP contribution in [0.25, 0.3) is 0 Å². The maximum absolute atomic E-state index is 3.49. The highest BCUT2D eigenvalue weighted by Gasteiger charge is 2.38. The lowest BCUT2D eigenvalue weighted by Gasteiger charge is -2.48. The highest BCUT2D eigenvalue weighted by Crippen LogP contribution is 2.41. The van der Waals surface area contributed by atoms with Gasteiger partial charge in [-0.25, -0.2) is 0 Å². The molecule has 3 aliphatic heterocycles. The molecule has 0 bridgehead atoms. The molecule has 0 atom stereocenters. The normalized spacial score (nSPS) is 23.0. The Morgan fingerprint density at radius 3 is 1.68 bits per heavy atom. The summed E-state index contributed by atoms with van der Waals surface area (Å²) in [5, 5.41) is 3.49. The summed E-state index contributed by atoms with van der Waals surface area (Å²) in [5.41, 5.74) is 0.704. The van der Waals surface area contributed by atoms with Crippen LogP contribution in [0, 0.1) is 11.3 Å². The van der Waals surface area contributed by atoms with Crippen molar-refractivity contribution in [1.82, 2.24) is 15.1 Å². The summed E-state index contributed by atoms with van der Waals surface area (Å²) in [4.78, 5) is 5.45. The van der Waals surface area contributed by atoms with E-state index in [-0.39, 0.29) is 0 Å². The lowest BCUT2D eigenvalue weighted by atomic mass is 9.71. The highest BCUT2D eigenvalue weighted by atomic mass is 15.2. The topological polar surface area (TPSA) is 18.5 Å². The van der Waals surface area contributed by atoms with Crippen molar-refractivity contribution in [3.05, 3.63) is 0 Å². The SMILES string of the molecule is CC.CC.CC(C)N1CCC2(CCN(CC3CCNCC3)CC2)CC1.CCC. The van der Waals surface area contributed by atoms with Crippen LogP contribution >= 0.6 is 0 Å². The summed E-state index contributed by atoms with van der Waals surface area (Å²) in [7, 11) is 0. The molecule has 3 nitrogen and oxygen atoms in total. The molecule has 0 aromatic rings. The van der Waals surface area contributed by atoms with Crippen LogP contribution in [-0.4, -0.2) is 61.7 Å². The van der Waals surface area contributed by atoms with Crippen molar-refractivity contribution in [3.8, 4) is 0 Å². The van der Waals surface area contributed by atoms with Gasteiger partial charge < -0.3 is 15.1 Å². The number of piperidine rings is 3. The fourth-order valence-corrected chi connectivity index (χ4v) is 4.65. The third kappa shape index (κ3) is 10.1. The second-order valence-electron chi connectivity index (χ2n) is 8.83. The fourth-order valence-electron chi connectivity index (χ4n) is 4.65. The first-order valence-electron chi connectivity index (χ1n) is 12.8. The van der Waals surface area contributed by atoms with E-state index < -0.39 is 0 Å². The van der Waals surface area contributed by atoms with E-state index in [2.05, 4.69) is 42.8 Å². The van der Waals surface area contributed by atoms with E-state index in [9.17, 15) is 0 Å². The minimum Gasteiger partial charge on any atom is -0.317 e. The van der Waals surface area contributed by atoms with Crippen LogP contribution < -0.4 is 5.32 Å². The van der Waals surface area contributed by atoms with Crippen molar-refractivity contribution in [2.24, 2.45) is 11.3 Å². The van der Waals surface area contributed by atoms with E-state index in [1.165, 1.54) is 90.8 Å². The van der Waals surface area contributed by atoms with Crippen molar-refractivity contribution in [2.75, 3.05) is 45.8 Å². The third-order valence-corrected chi connectivity index (χ3v) is 6.48. The van der Waals surface area contributed by atoms with E-state index in [4.69, 9.17) is 0 Å². The molecule has 3 aliphatic rings. The molecule has 3 heterocycles. The van der Waals surface area contributed by atoms with Crippen LogP contribution in [0.15, 0.2) is 0 Å². The zero-order chi connectivity index (χ0) is 21.4. The number of nitrogens with one attached hydrogen (secondary N) is 1. The van der Waals surface area contributed by atoms with Gasteiger partial charge in [0.25, 0.3) is 0 Å². The Kier molecular flexibility index (Phi) is 16.6. The lowest BCUT2D eigenvalue weighted by Crippen LogP contribution is -2.49. The van der Waals surface area contributed by atoms with Crippen molar-refractivity contribution in [1.29, 1.82) is 0 Å². The van der Waals surface area contributed by atoms with Crippen LogP contribution in [0.3, 0.4) is 0 Å². The molecular weight excluding hydrogens is 342 g/mol. The number of rotatable bonds is 3. The summed E-state index contributed by atoms with van der Waals surface area (Å²) in [5.74, 6) is 0.961. The molecule has 1 spiro atoms. The van der Waals surface area contributed by atoms with E-state index in [0.29, 0.717) is 5.41 Å². The van der Waals surface area contributed by atoms with Gasteiger partial charge in [0.05, 0.1) is 0 Å². The summed E-state index contributed by atoms with van der Waals surface area (Å²) in [6, 6.07) is 0.738. The van der Waals surface area contributed by atoms with Crippen LogP contribution in [0.1, 0.15) is 100 Å². The Labute approximate surface area is 179 Å². The van der Waals surface area contributed by atoms with Gasteiger partial charge in [0.15, 0.2) is 0 Å². The maximum Gasteiger partial charge on any atom is 0.00385 e. The molecule has 0 aromatic heterocycles. The summed E-state index contributed by atoms with van der Waals surface area (Å²) >= 11 is 0. The van der Waals surface area contributed by atoms with Gasteiger partial charge in [-0.3, -0.25) is 0 Å². The zero-order valence-electron chi connectivity index (χ0n) is 20.9. The minimum atomic E-state index is 0.704. The Morgan fingerprint density at radius 2 is 1.25 bits per heavy atom. The molecule has 3 rings (SSSR count). The van der Waals surface area contributed by atoms with Crippen LogP contribution in [-0.2, 0) is 0 Å². The summed E-state index contributed by atoms with van der Waals surface area (Å²) < 4.78 is 0. The Morgan fingerprint density at radius 1 is 0.821 bits per heavy atom. The van der Waals surface area contributed by atoms with E-state index >= 15 is 0 Å². The van der Waals surface area contributed by atoms with Crippen LogP contribution in [0.4, 0.5) is 0 Å². The summed E-state index contributed by atoms with van der Waals surface area (Å²) in [6.07, 6.45) is 9.86. The van der Waals surface area contributed by atoms with Crippen LogP contribution in [0.5, 0.6) is 0 Å². The highest BCUT2D eigenvalue weighted by molar-refractivity contribution is 4.91. The average Bonchev–Trinajstić information content (AvgIpc) is 2.75. The lowest BCUT2D eigenvalue weighted by molar-refractivity contribution is 0.0197. The molecule has 0 unspecified atom stereocenters. The predicted molar refractivity (Wildman–Crippen MR) is 128 cm³/mol. The Bertz CT molecular complexity index is 319. The number of likely N-dealkylation sites (tertiary alicyclic amines) is 2. The monoisotopic (exact) mass is 397 g/mol. The van der Waals surface area contributed by atoms with Gasteiger partial charge in [0.2, 0.25) is 0 Å². The van der Waals surface area contributed by atoms with Crippen LogP contribution in [0.2, 0.25) is 0 Å². The van der Waals surface area contributed by atoms with Crippen molar-refractivity contribution >= 4 is 0 Å². The molecule has 3 fully saturated rings. The quantitative estimate of drug-likeness (QED) is 0.626. The minimum absolute atomic E-state index is 0.704. The number of nitrogens with zero attached hydrogens (tertiary/aromatic N) is 2. The first-order valence-corrected chi connectivity index (χ1v) is 12.8. The molecule has 0 amide bonds. The Hall–Kier alpha value is -0.120. The smallest absolute Gasteiger partial charge is 0.00385 e. The van der Waals surface area contributed by atoms with Crippen molar-refractivity contribution in [2.45, 2.75) is 106 Å². The first kappa shape index (κ1) is 27.9. The van der Waals surface area contributed by atoms with Gasteiger partial charge in [0, 0.05) is 12.6 Å². The largest absolute Gasteiger partial charge is 0.317 e. The van der Waals surface area contributed by atoms with Crippen molar-refractivity contribution < 1.29 is 0 Å². The molecule has 0 aromatic carbocycles. The Balaban J connectivity index is 0.000000930. The molecule has 0 aliphatic carbocycles. The predicted octanol–water partition coefficient (Wildman–Crippen LogP) is 6.04. The van der Waals surface area contributed by atoms with E-state index in [1.54, 1.807) is 0 Å². The molecule has 3 saturated heterocycles. The number of hydrogen-bond acceptors (Lipinski definition) is 3. The fraction of sp³-hybridized carbons (Fsp3) is 1.00. The average molecular weight is 398 g/mol. The van der Waals surface area contributed by atoms with Gasteiger partial charge in [0.1, 0.15) is 0 Å². The first-order chi connectivity index (χ1) is 13.6. The van der Waals surface area contributed by atoms with Gasteiger partial charge in [-0.1, -0.05) is 48.0 Å². The molecule has 3 heteroatoms. The molecular formula is C25H55N3. The van der Waals surface area contributed by atoms with Gasteiger partial charge in [-0.05, 0) is 103 Å².